The van der Waals surface area contributed by atoms with E-state index in [2.05, 4.69) is 4.98 Å². The number of hydrogen-bond donors (Lipinski definition) is 1. The highest BCUT2D eigenvalue weighted by Crippen LogP contribution is 2.31. The number of halogens is 2. The normalized spacial score (nSPS) is 11.0. The van der Waals surface area contributed by atoms with E-state index >= 15 is 0 Å². The second-order valence-corrected chi connectivity index (χ2v) is 4.72. The summed E-state index contributed by atoms with van der Waals surface area (Å²) in [5.74, 6) is 0.474. The van der Waals surface area contributed by atoms with Crippen molar-refractivity contribution in [3.63, 3.8) is 0 Å². The van der Waals surface area contributed by atoms with Crippen molar-refractivity contribution >= 4 is 40.0 Å². The summed E-state index contributed by atoms with van der Waals surface area (Å²) in [5, 5.41) is 0.985. The Balaban J connectivity index is 2.22. The Hall–Kier alpha value is -1.71. The largest absolute Gasteiger partial charge is 0.436 e. The lowest BCUT2D eigenvalue weighted by molar-refractivity contribution is 0.620. The maximum Gasteiger partial charge on any atom is 0.227 e. The molecule has 0 aliphatic rings. The average molecular weight is 279 g/mol. The number of anilines is 1. The summed E-state index contributed by atoms with van der Waals surface area (Å²) in [7, 11) is 0. The molecule has 1 aromatic heterocycles. The summed E-state index contributed by atoms with van der Waals surface area (Å²) in [6.07, 6.45) is 0. The molecule has 0 aliphatic heterocycles. The number of aromatic nitrogens is 1. The zero-order valence-electron chi connectivity index (χ0n) is 9.15. The SMILES string of the molecule is Nc1cccc(-c2nc3c(Cl)cc(Cl)cc3o2)c1. The first-order valence-electron chi connectivity index (χ1n) is 5.25. The Morgan fingerprint density at radius 1 is 1.11 bits per heavy atom. The highest BCUT2D eigenvalue weighted by Gasteiger charge is 2.12. The number of benzene rings is 2. The molecule has 0 bridgehead atoms. The van der Waals surface area contributed by atoms with Gasteiger partial charge < -0.3 is 10.2 Å². The third-order valence-corrected chi connectivity index (χ3v) is 3.05. The topological polar surface area (TPSA) is 52.0 Å². The van der Waals surface area contributed by atoms with Crippen LogP contribution in [0.4, 0.5) is 5.69 Å². The van der Waals surface area contributed by atoms with Crippen LogP contribution in [0.2, 0.25) is 10.0 Å². The van der Waals surface area contributed by atoms with E-state index in [1.54, 1.807) is 24.3 Å². The Labute approximate surface area is 113 Å². The van der Waals surface area contributed by atoms with Crippen molar-refractivity contribution in [1.29, 1.82) is 0 Å². The van der Waals surface area contributed by atoms with E-state index in [0.717, 1.165) is 5.56 Å². The Kier molecular flexibility index (Phi) is 2.65. The molecule has 1 heterocycles. The number of nitrogen functional groups attached to an aromatic ring is 1. The van der Waals surface area contributed by atoms with Gasteiger partial charge in [0, 0.05) is 22.3 Å². The number of fused-ring (bicyclic) bond motifs is 1. The minimum Gasteiger partial charge on any atom is -0.436 e. The highest BCUT2D eigenvalue weighted by molar-refractivity contribution is 6.38. The van der Waals surface area contributed by atoms with Crippen molar-refractivity contribution in [3.8, 4) is 11.5 Å². The molecule has 0 radical (unpaired) electrons. The van der Waals surface area contributed by atoms with Crippen LogP contribution in [0.25, 0.3) is 22.6 Å². The fourth-order valence-electron chi connectivity index (χ4n) is 1.75. The van der Waals surface area contributed by atoms with Crippen molar-refractivity contribution in [1.82, 2.24) is 4.98 Å². The zero-order valence-corrected chi connectivity index (χ0v) is 10.7. The van der Waals surface area contributed by atoms with E-state index in [0.29, 0.717) is 32.7 Å². The second kappa shape index (κ2) is 4.19. The van der Waals surface area contributed by atoms with Crippen molar-refractivity contribution in [2.24, 2.45) is 0 Å². The van der Waals surface area contributed by atoms with Gasteiger partial charge in [-0.3, -0.25) is 0 Å². The third-order valence-electron chi connectivity index (χ3n) is 2.55. The van der Waals surface area contributed by atoms with E-state index in [9.17, 15) is 0 Å². The molecular formula is C13H8Cl2N2O. The van der Waals surface area contributed by atoms with Gasteiger partial charge in [0.2, 0.25) is 5.89 Å². The smallest absolute Gasteiger partial charge is 0.227 e. The van der Waals surface area contributed by atoms with Crippen LogP contribution in [0.5, 0.6) is 0 Å². The maximum absolute atomic E-state index is 6.06. The van der Waals surface area contributed by atoms with Crippen LogP contribution < -0.4 is 5.73 Å². The predicted molar refractivity (Wildman–Crippen MR) is 73.9 cm³/mol. The second-order valence-electron chi connectivity index (χ2n) is 3.88. The molecule has 3 aromatic rings. The molecule has 0 saturated carbocycles. The molecule has 0 atom stereocenters. The van der Waals surface area contributed by atoms with Crippen molar-refractivity contribution < 1.29 is 4.42 Å². The summed E-state index contributed by atoms with van der Waals surface area (Å²) in [5.41, 5.74) is 8.34. The summed E-state index contributed by atoms with van der Waals surface area (Å²) in [6, 6.07) is 10.6. The summed E-state index contributed by atoms with van der Waals surface area (Å²) >= 11 is 12.0. The molecule has 2 aromatic carbocycles. The van der Waals surface area contributed by atoms with Gasteiger partial charge in [-0.2, -0.15) is 0 Å². The van der Waals surface area contributed by atoms with Gasteiger partial charge in [0.1, 0.15) is 5.52 Å². The van der Waals surface area contributed by atoms with Crippen LogP contribution in [0.1, 0.15) is 0 Å². The minimum absolute atomic E-state index is 0.469. The van der Waals surface area contributed by atoms with E-state index < -0.39 is 0 Å². The number of oxazole rings is 1. The van der Waals surface area contributed by atoms with Crippen LogP contribution in [0.3, 0.4) is 0 Å². The van der Waals surface area contributed by atoms with Crippen molar-refractivity contribution in [3.05, 3.63) is 46.4 Å². The molecule has 18 heavy (non-hydrogen) atoms. The van der Waals surface area contributed by atoms with E-state index in [1.165, 1.54) is 0 Å². The van der Waals surface area contributed by atoms with Gasteiger partial charge in [-0.1, -0.05) is 29.3 Å². The van der Waals surface area contributed by atoms with Gasteiger partial charge in [-0.15, -0.1) is 0 Å². The van der Waals surface area contributed by atoms with Crippen molar-refractivity contribution in [2.45, 2.75) is 0 Å². The van der Waals surface area contributed by atoms with E-state index in [-0.39, 0.29) is 0 Å². The van der Waals surface area contributed by atoms with Gasteiger partial charge in [0.25, 0.3) is 0 Å². The molecule has 5 heteroatoms. The molecule has 90 valence electrons. The number of nitrogens with zero attached hydrogens (tertiary/aromatic N) is 1. The lowest BCUT2D eigenvalue weighted by Gasteiger charge is -1.95. The Bertz CT molecular complexity index is 737. The monoisotopic (exact) mass is 278 g/mol. The Morgan fingerprint density at radius 2 is 1.94 bits per heavy atom. The summed E-state index contributed by atoms with van der Waals surface area (Å²) < 4.78 is 5.64. The minimum atomic E-state index is 0.469. The van der Waals surface area contributed by atoms with Gasteiger partial charge in [0.15, 0.2) is 5.58 Å². The van der Waals surface area contributed by atoms with Gasteiger partial charge >= 0.3 is 0 Å². The van der Waals surface area contributed by atoms with Crippen LogP contribution >= 0.6 is 23.2 Å². The van der Waals surface area contributed by atoms with E-state index in [4.69, 9.17) is 33.4 Å². The van der Waals surface area contributed by atoms with Crippen molar-refractivity contribution in [2.75, 3.05) is 5.73 Å². The van der Waals surface area contributed by atoms with Crippen LogP contribution in [-0.4, -0.2) is 4.98 Å². The van der Waals surface area contributed by atoms with Gasteiger partial charge in [-0.05, 0) is 24.3 Å². The summed E-state index contributed by atoms with van der Waals surface area (Å²) in [4.78, 5) is 4.35. The third kappa shape index (κ3) is 1.92. The molecule has 0 amide bonds. The quantitative estimate of drug-likeness (QED) is 0.672. The van der Waals surface area contributed by atoms with Gasteiger partial charge in [-0.25, -0.2) is 4.98 Å². The molecular weight excluding hydrogens is 271 g/mol. The lowest BCUT2D eigenvalue weighted by atomic mass is 10.2. The van der Waals surface area contributed by atoms with Crippen LogP contribution in [-0.2, 0) is 0 Å². The number of rotatable bonds is 1. The van der Waals surface area contributed by atoms with Gasteiger partial charge in [0.05, 0.1) is 5.02 Å². The number of nitrogens with two attached hydrogens (primary N) is 1. The van der Waals surface area contributed by atoms with Crippen LogP contribution in [0, 0.1) is 0 Å². The molecule has 0 aliphatic carbocycles. The molecule has 3 nitrogen and oxygen atoms in total. The van der Waals surface area contributed by atoms with E-state index in [1.807, 2.05) is 12.1 Å². The fraction of sp³-hybridized carbons (Fsp3) is 0. The predicted octanol–water partition coefficient (Wildman–Crippen LogP) is 4.38. The molecule has 3 rings (SSSR count). The zero-order chi connectivity index (χ0) is 12.7. The molecule has 0 unspecified atom stereocenters. The fourth-order valence-corrected chi connectivity index (χ4v) is 2.27. The molecule has 0 saturated heterocycles. The molecule has 2 N–H and O–H groups in total. The first kappa shape index (κ1) is 11.4. The lowest BCUT2D eigenvalue weighted by Crippen LogP contribution is -1.84. The first-order valence-corrected chi connectivity index (χ1v) is 6.00. The van der Waals surface area contributed by atoms with Crippen LogP contribution in [0.15, 0.2) is 40.8 Å². The molecule has 0 fully saturated rings. The maximum atomic E-state index is 6.06. The number of hydrogen-bond acceptors (Lipinski definition) is 3. The first-order chi connectivity index (χ1) is 8.63. The average Bonchev–Trinajstić information content (AvgIpc) is 2.73. The summed E-state index contributed by atoms with van der Waals surface area (Å²) in [6.45, 7) is 0. The standard InChI is InChI=1S/C13H8Cl2N2O/c14-8-5-10(15)12-11(6-8)18-13(17-12)7-2-1-3-9(16)4-7/h1-6H,16H2. The molecule has 0 spiro atoms. The Morgan fingerprint density at radius 3 is 2.72 bits per heavy atom. The highest BCUT2D eigenvalue weighted by atomic mass is 35.5.